The highest BCUT2D eigenvalue weighted by atomic mass is 19.4. The molecule has 24 heavy (non-hydrogen) atoms. The summed E-state index contributed by atoms with van der Waals surface area (Å²) in [4.78, 5) is 0. The Labute approximate surface area is 129 Å². The van der Waals surface area contributed by atoms with Gasteiger partial charge in [0.05, 0.1) is 11.6 Å². The molecule has 1 atom stereocenters. The van der Waals surface area contributed by atoms with E-state index in [2.05, 4.69) is 5.10 Å². The van der Waals surface area contributed by atoms with Crippen LogP contribution in [-0.4, -0.2) is 36.2 Å². The molecule has 1 unspecified atom stereocenters. The number of benzene rings is 1. The third-order valence-electron chi connectivity index (χ3n) is 3.50. The third-order valence-corrected chi connectivity index (χ3v) is 3.50. The number of nitrogens with zero attached hydrogens (tertiary/aromatic N) is 1. The van der Waals surface area contributed by atoms with Gasteiger partial charge in [0.15, 0.2) is 0 Å². The highest BCUT2D eigenvalue weighted by Crippen LogP contribution is 2.55. The van der Waals surface area contributed by atoms with Crippen LogP contribution < -0.4 is 5.43 Å². The standard InChI is InChI=1S/C13H9F9N2/c14-10(15,11(16,17)12(18,19)13(20,21)22)8-6-23-24-9(8)7-4-2-1-3-5-7/h1-5,8,23H,6H2. The van der Waals surface area contributed by atoms with Crippen molar-refractivity contribution in [1.82, 2.24) is 5.43 Å². The Morgan fingerprint density at radius 1 is 0.833 bits per heavy atom. The molecule has 11 heteroatoms. The predicted octanol–water partition coefficient (Wildman–Crippen LogP) is 4.08. The zero-order valence-electron chi connectivity index (χ0n) is 11.5. The molecule has 0 saturated carbocycles. The summed E-state index contributed by atoms with van der Waals surface area (Å²) in [6, 6.07) is 6.53. The van der Waals surface area contributed by atoms with Crippen LogP contribution >= 0.6 is 0 Å². The molecule has 0 amide bonds. The molecule has 134 valence electrons. The molecule has 1 N–H and O–H groups in total. The molecule has 0 radical (unpaired) electrons. The largest absolute Gasteiger partial charge is 0.460 e. The van der Waals surface area contributed by atoms with Crippen LogP contribution in [0.2, 0.25) is 0 Å². The lowest BCUT2D eigenvalue weighted by atomic mass is 9.86. The molecule has 1 heterocycles. The lowest BCUT2D eigenvalue weighted by Crippen LogP contribution is -2.64. The summed E-state index contributed by atoms with van der Waals surface area (Å²) < 4.78 is 117. The summed E-state index contributed by atoms with van der Waals surface area (Å²) >= 11 is 0. The van der Waals surface area contributed by atoms with Gasteiger partial charge in [-0.25, -0.2) is 0 Å². The van der Waals surface area contributed by atoms with Gasteiger partial charge in [-0.15, -0.1) is 0 Å². The monoisotopic (exact) mass is 364 g/mol. The van der Waals surface area contributed by atoms with E-state index in [4.69, 9.17) is 0 Å². The Morgan fingerprint density at radius 3 is 1.88 bits per heavy atom. The van der Waals surface area contributed by atoms with E-state index < -0.39 is 42.1 Å². The van der Waals surface area contributed by atoms with Crippen molar-refractivity contribution < 1.29 is 39.5 Å². The maximum atomic E-state index is 14.0. The zero-order chi connectivity index (χ0) is 18.4. The zero-order valence-corrected chi connectivity index (χ0v) is 11.5. The molecule has 2 rings (SSSR count). The summed E-state index contributed by atoms with van der Waals surface area (Å²) in [6.45, 7) is -1.01. The number of rotatable bonds is 4. The third kappa shape index (κ3) is 2.59. The van der Waals surface area contributed by atoms with Crippen LogP contribution in [0.1, 0.15) is 5.56 Å². The molecule has 0 aromatic heterocycles. The summed E-state index contributed by atoms with van der Waals surface area (Å²) in [6.07, 6.45) is -6.84. The minimum atomic E-state index is -6.91. The number of hydrogen-bond acceptors (Lipinski definition) is 2. The van der Waals surface area contributed by atoms with Gasteiger partial charge in [-0.3, -0.25) is 0 Å². The molecule has 0 aliphatic carbocycles. The molecular formula is C13H9F9N2. The Bertz CT molecular complexity index is 622. The fourth-order valence-corrected chi connectivity index (χ4v) is 2.18. The maximum absolute atomic E-state index is 14.0. The van der Waals surface area contributed by atoms with E-state index in [9.17, 15) is 39.5 Å². The first-order valence-corrected chi connectivity index (χ1v) is 6.40. The van der Waals surface area contributed by atoms with Gasteiger partial charge in [0.2, 0.25) is 0 Å². The second kappa shape index (κ2) is 5.55. The first kappa shape index (κ1) is 18.4. The Kier molecular flexibility index (Phi) is 4.26. The van der Waals surface area contributed by atoms with Gasteiger partial charge < -0.3 is 5.43 Å². The molecule has 1 aliphatic rings. The number of nitrogens with one attached hydrogen (secondary N) is 1. The van der Waals surface area contributed by atoms with E-state index in [0.29, 0.717) is 0 Å². The SMILES string of the molecule is FC(F)(F)C(F)(F)C(F)(F)C(F)(F)C1CNN=C1c1ccccc1. The van der Waals surface area contributed by atoms with Gasteiger partial charge in [0.25, 0.3) is 0 Å². The molecule has 1 aliphatic heterocycles. The van der Waals surface area contributed by atoms with Crippen molar-refractivity contribution in [2.45, 2.75) is 23.9 Å². The number of alkyl halides is 9. The molecule has 1 aromatic carbocycles. The number of hydrazone groups is 1. The van der Waals surface area contributed by atoms with Crippen molar-refractivity contribution in [1.29, 1.82) is 0 Å². The second-order valence-electron chi connectivity index (χ2n) is 5.05. The van der Waals surface area contributed by atoms with Gasteiger partial charge in [-0.05, 0) is 5.56 Å². The van der Waals surface area contributed by atoms with Gasteiger partial charge in [-0.1, -0.05) is 30.3 Å². The van der Waals surface area contributed by atoms with Crippen molar-refractivity contribution >= 4 is 5.71 Å². The van der Waals surface area contributed by atoms with Gasteiger partial charge >= 0.3 is 23.9 Å². The van der Waals surface area contributed by atoms with Crippen LogP contribution in [0.15, 0.2) is 35.4 Å². The molecule has 2 nitrogen and oxygen atoms in total. The van der Waals surface area contributed by atoms with Crippen LogP contribution in [0.4, 0.5) is 39.5 Å². The first-order valence-electron chi connectivity index (χ1n) is 6.40. The van der Waals surface area contributed by atoms with E-state index in [1.807, 2.05) is 5.43 Å². The van der Waals surface area contributed by atoms with E-state index in [-0.39, 0.29) is 5.56 Å². The van der Waals surface area contributed by atoms with Crippen molar-refractivity contribution in [2.24, 2.45) is 11.0 Å². The molecule has 0 saturated heterocycles. The predicted molar refractivity (Wildman–Crippen MR) is 65.4 cm³/mol. The minimum absolute atomic E-state index is 0.0988. The molecule has 1 aromatic rings. The average Bonchev–Trinajstić information content (AvgIpc) is 2.96. The van der Waals surface area contributed by atoms with Crippen LogP contribution in [0.3, 0.4) is 0 Å². The fourth-order valence-electron chi connectivity index (χ4n) is 2.18. The van der Waals surface area contributed by atoms with Crippen molar-refractivity contribution in [3.63, 3.8) is 0 Å². The molecule has 0 spiro atoms. The minimum Gasteiger partial charge on any atom is -0.309 e. The van der Waals surface area contributed by atoms with E-state index in [0.717, 1.165) is 0 Å². The average molecular weight is 364 g/mol. The fraction of sp³-hybridized carbons (Fsp3) is 0.462. The first-order chi connectivity index (χ1) is 10.8. The van der Waals surface area contributed by atoms with Gasteiger partial charge in [-0.2, -0.15) is 44.6 Å². The van der Waals surface area contributed by atoms with Crippen molar-refractivity contribution in [2.75, 3.05) is 6.54 Å². The summed E-state index contributed by atoms with van der Waals surface area (Å²) in [5.41, 5.74) is 1.12. The topological polar surface area (TPSA) is 24.4 Å². The summed E-state index contributed by atoms with van der Waals surface area (Å²) in [5.74, 6) is -21.9. The second-order valence-corrected chi connectivity index (χ2v) is 5.05. The summed E-state index contributed by atoms with van der Waals surface area (Å²) in [7, 11) is 0. The number of halogens is 9. The van der Waals surface area contributed by atoms with E-state index in [1.165, 1.54) is 30.3 Å². The highest BCUT2D eigenvalue weighted by Gasteiger charge is 2.83. The van der Waals surface area contributed by atoms with Crippen LogP contribution in [0.5, 0.6) is 0 Å². The Hall–Kier alpha value is -1.94. The number of hydrogen-bond donors (Lipinski definition) is 1. The van der Waals surface area contributed by atoms with E-state index >= 15 is 0 Å². The van der Waals surface area contributed by atoms with E-state index in [1.54, 1.807) is 0 Å². The smallest absolute Gasteiger partial charge is 0.309 e. The molecule has 0 bridgehead atoms. The Morgan fingerprint density at radius 2 is 1.38 bits per heavy atom. The molecule has 0 fully saturated rings. The van der Waals surface area contributed by atoms with Crippen LogP contribution in [0.25, 0.3) is 0 Å². The van der Waals surface area contributed by atoms with Crippen molar-refractivity contribution in [3.05, 3.63) is 35.9 Å². The van der Waals surface area contributed by atoms with Crippen LogP contribution in [0, 0.1) is 5.92 Å². The maximum Gasteiger partial charge on any atom is 0.460 e. The quantitative estimate of drug-likeness (QED) is 0.800. The normalized spacial score (nSPS) is 19.9. The van der Waals surface area contributed by atoms with Crippen LogP contribution in [-0.2, 0) is 0 Å². The summed E-state index contributed by atoms with van der Waals surface area (Å²) in [5, 5.41) is 3.34. The highest BCUT2D eigenvalue weighted by molar-refractivity contribution is 6.03. The molecular weight excluding hydrogens is 355 g/mol. The van der Waals surface area contributed by atoms with Gasteiger partial charge in [0, 0.05) is 6.54 Å². The van der Waals surface area contributed by atoms with Crippen molar-refractivity contribution in [3.8, 4) is 0 Å². The Balaban J connectivity index is 2.44. The van der Waals surface area contributed by atoms with Gasteiger partial charge in [0.1, 0.15) is 0 Å². The lowest BCUT2D eigenvalue weighted by molar-refractivity contribution is -0.399. The lowest BCUT2D eigenvalue weighted by Gasteiger charge is -2.36.